The monoisotopic (exact) mass is 283 g/mol. The molecular weight excluding hydrogens is 258 g/mol. The summed E-state index contributed by atoms with van der Waals surface area (Å²) in [6, 6.07) is -1.54. The van der Waals surface area contributed by atoms with E-state index in [1.807, 2.05) is 6.92 Å². The van der Waals surface area contributed by atoms with Gasteiger partial charge in [0, 0.05) is 13.6 Å². The minimum absolute atomic E-state index is 0.155. The van der Waals surface area contributed by atoms with Crippen molar-refractivity contribution in [3.63, 3.8) is 0 Å². The number of nitrogens with zero attached hydrogens (tertiary/aromatic N) is 1. The molecule has 1 aliphatic heterocycles. The van der Waals surface area contributed by atoms with E-state index in [9.17, 15) is 14.4 Å². The molecule has 0 aromatic heterocycles. The molecule has 0 aliphatic carbocycles. The number of piperazine rings is 1. The van der Waals surface area contributed by atoms with Crippen LogP contribution in [0.3, 0.4) is 0 Å². The van der Waals surface area contributed by atoms with Crippen molar-refractivity contribution in [2.45, 2.75) is 58.0 Å². The molecule has 0 saturated carbocycles. The second-order valence-corrected chi connectivity index (χ2v) is 5.08. The van der Waals surface area contributed by atoms with Gasteiger partial charge in [0.05, 0.1) is 0 Å². The molecular formula is C14H25N3O3. The Morgan fingerprint density at radius 3 is 2.50 bits per heavy atom. The van der Waals surface area contributed by atoms with Gasteiger partial charge in [0.25, 0.3) is 11.8 Å². The van der Waals surface area contributed by atoms with Crippen LogP contribution in [0.2, 0.25) is 0 Å². The average Bonchev–Trinajstić information content (AvgIpc) is 2.45. The first kappa shape index (κ1) is 16.5. The Labute approximate surface area is 120 Å². The van der Waals surface area contributed by atoms with Crippen LogP contribution in [0.25, 0.3) is 0 Å². The number of carbonyl (C=O) groups is 3. The fraction of sp³-hybridized carbons (Fsp3) is 0.786. The van der Waals surface area contributed by atoms with Gasteiger partial charge in [0.2, 0.25) is 5.91 Å². The molecule has 1 fully saturated rings. The Bertz CT molecular complexity index is 371. The van der Waals surface area contributed by atoms with E-state index < -0.39 is 18.0 Å². The molecule has 0 spiro atoms. The van der Waals surface area contributed by atoms with E-state index in [1.165, 1.54) is 11.9 Å². The third-order valence-corrected chi connectivity index (χ3v) is 3.61. The smallest absolute Gasteiger partial charge is 0.253 e. The molecule has 1 aliphatic rings. The van der Waals surface area contributed by atoms with Gasteiger partial charge in [-0.2, -0.15) is 0 Å². The molecule has 6 nitrogen and oxygen atoms in total. The predicted molar refractivity (Wildman–Crippen MR) is 75.9 cm³/mol. The van der Waals surface area contributed by atoms with Crippen molar-refractivity contribution >= 4 is 17.7 Å². The zero-order chi connectivity index (χ0) is 15.1. The first-order chi connectivity index (χ1) is 9.56. The van der Waals surface area contributed by atoms with Crippen molar-refractivity contribution in [3.8, 4) is 0 Å². The summed E-state index contributed by atoms with van der Waals surface area (Å²) in [5.41, 5.74) is 0. The lowest BCUT2D eigenvalue weighted by Crippen LogP contribution is -2.67. The summed E-state index contributed by atoms with van der Waals surface area (Å²) in [6.07, 6.45) is 4.55. The number of hydrogen-bond donors (Lipinski definition) is 2. The lowest BCUT2D eigenvalue weighted by atomic mass is 10.0. The van der Waals surface area contributed by atoms with Crippen molar-refractivity contribution in [1.82, 2.24) is 15.5 Å². The fourth-order valence-electron chi connectivity index (χ4n) is 2.40. The number of likely N-dealkylation sites (N-methyl/N-ethyl adjacent to an activating group) is 1. The molecule has 2 unspecified atom stereocenters. The second-order valence-electron chi connectivity index (χ2n) is 5.08. The largest absolute Gasteiger partial charge is 0.357 e. The van der Waals surface area contributed by atoms with Crippen molar-refractivity contribution in [2.75, 3.05) is 13.6 Å². The van der Waals surface area contributed by atoms with Crippen LogP contribution in [0.4, 0.5) is 0 Å². The summed E-state index contributed by atoms with van der Waals surface area (Å²) in [4.78, 5) is 37.7. The Hall–Kier alpha value is -1.59. The van der Waals surface area contributed by atoms with Crippen LogP contribution < -0.4 is 10.6 Å². The summed E-state index contributed by atoms with van der Waals surface area (Å²) in [5.74, 6) is -0.968. The number of hydrogen-bond acceptors (Lipinski definition) is 3. The van der Waals surface area contributed by atoms with Crippen LogP contribution in [0.15, 0.2) is 0 Å². The summed E-state index contributed by atoms with van der Waals surface area (Å²) in [6.45, 7) is 4.42. The first-order valence-corrected chi connectivity index (χ1v) is 7.39. The molecule has 0 aromatic carbocycles. The van der Waals surface area contributed by atoms with Crippen LogP contribution in [0.5, 0.6) is 0 Å². The second kappa shape index (κ2) is 7.87. The Balaban J connectivity index is 2.80. The normalized spacial score (nSPS) is 22.6. The number of unbranched alkanes of at least 4 members (excludes halogenated alkanes) is 3. The van der Waals surface area contributed by atoms with E-state index in [2.05, 4.69) is 17.6 Å². The Kier molecular flexibility index (Phi) is 6.48. The van der Waals surface area contributed by atoms with Gasteiger partial charge in [-0.05, 0) is 12.8 Å². The minimum atomic E-state index is -1.03. The maximum atomic E-state index is 12.3. The highest BCUT2D eigenvalue weighted by atomic mass is 16.2. The summed E-state index contributed by atoms with van der Waals surface area (Å²) in [7, 11) is 1.47. The van der Waals surface area contributed by atoms with Crippen molar-refractivity contribution in [3.05, 3.63) is 0 Å². The van der Waals surface area contributed by atoms with Crippen LogP contribution >= 0.6 is 0 Å². The van der Waals surface area contributed by atoms with E-state index in [-0.39, 0.29) is 11.8 Å². The Morgan fingerprint density at radius 2 is 1.95 bits per heavy atom. The molecule has 1 rings (SSSR count). The molecule has 0 radical (unpaired) electrons. The molecule has 20 heavy (non-hydrogen) atoms. The lowest BCUT2D eigenvalue weighted by Gasteiger charge is -2.37. The predicted octanol–water partition coefficient (Wildman–Crippen LogP) is 0.418. The number of amides is 3. The zero-order valence-electron chi connectivity index (χ0n) is 12.6. The van der Waals surface area contributed by atoms with Crippen LogP contribution in [-0.4, -0.2) is 48.3 Å². The summed E-state index contributed by atoms with van der Waals surface area (Å²) in [5, 5.41) is 5.08. The molecule has 1 saturated heterocycles. The van der Waals surface area contributed by atoms with Gasteiger partial charge in [-0.25, -0.2) is 0 Å². The number of rotatable bonds is 7. The van der Waals surface area contributed by atoms with E-state index in [0.29, 0.717) is 13.0 Å². The number of nitrogens with one attached hydrogen (secondary N) is 2. The summed E-state index contributed by atoms with van der Waals surface area (Å²) >= 11 is 0. The maximum Gasteiger partial charge on any atom is 0.253 e. The van der Waals surface area contributed by atoms with E-state index in [0.717, 1.165) is 25.7 Å². The highest BCUT2D eigenvalue weighted by molar-refractivity contribution is 6.10. The molecule has 0 aromatic rings. The lowest BCUT2D eigenvalue weighted by molar-refractivity contribution is -0.154. The molecule has 114 valence electrons. The van der Waals surface area contributed by atoms with Crippen molar-refractivity contribution < 1.29 is 14.4 Å². The van der Waals surface area contributed by atoms with Crippen molar-refractivity contribution in [1.29, 1.82) is 0 Å². The fourth-order valence-corrected chi connectivity index (χ4v) is 2.40. The molecule has 6 heteroatoms. The zero-order valence-corrected chi connectivity index (χ0v) is 12.6. The summed E-state index contributed by atoms with van der Waals surface area (Å²) < 4.78 is 0. The third-order valence-electron chi connectivity index (χ3n) is 3.61. The molecule has 1 heterocycles. The first-order valence-electron chi connectivity index (χ1n) is 7.39. The van der Waals surface area contributed by atoms with Crippen LogP contribution in [0.1, 0.15) is 46.0 Å². The van der Waals surface area contributed by atoms with Gasteiger partial charge in [0.1, 0.15) is 6.04 Å². The van der Waals surface area contributed by atoms with Gasteiger partial charge in [-0.3, -0.25) is 14.4 Å². The van der Waals surface area contributed by atoms with Gasteiger partial charge >= 0.3 is 0 Å². The van der Waals surface area contributed by atoms with E-state index >= 15 is 0 Å². The van der Waals surface area contributed by atoms with E-state index in [1.54, 1.807) is 0 Å². The molecule has 2 atom stereocenters. The van der Waals surface area contributed by atoms with Crippen LogP contribution in [-0.2, 0) is 14.4 Å². The topological polar surface area (TPSA) is 78.5 Å². The third kappa shape index (κ3) is 3.71. The van der Waals surface area contributed by atoms with Gasteiger partial charge < -0.3 is 15.5 Å². The standard InChI is InChI=1S/C14H25N3O3/c1-4-6-7-8-9-17-11(12(18)15-3)13(19)16-10(5-2)14(17)20/h10-11H,4-9H2,1-3H3,(H,15,18)(H,16,19). The maximum absolute atomic E-state index is 12.3. The van der Waals surface area contributed by atoms with Crippen molar-refractivity contribution in [2.24, 2.45) is 0 Å². The average molecular weight is 283 g/mol. The van der Waals surface area contributed by atoms with Gasteiger partial charge in [-0.1, -0.05) is 33.1 Å². The van der Waals surface area contributed by atoms with Gasteiger partial charge in [-0.15, -0.1) is 0 Å². The number of carbonyl (C=O) groups excluding carboxylic acids is 3. The quantitative estimate of drug-likeness (QED) is 0.525. The molecule has 2 N–H and O–H groups in total. The highest BCUT2D eigenvalue weighted by Gasteiger charge is 2.43. The molecule has 0 bridgehead atoms. The SMILES string of the molecule is CCCCCCN1C(=O)C(CC)NC(=O)C1C(=O)NC. The minimum Gasteiger partial charge on any atom is -0.357 e. The molecule has 3 amide bonds. The van der Waals surface area contributed by atoms with Crippen LogP contribution in [0, 0.1) is 0 Å². The highest BCUT2D eigenvalue weighted by Crippen LogP contribution is 2.14. The Morgan fingerprint density at radius 1 is 1.25 bits per heavy atom. The van der Waals surface area contributed by atoms with Gasteiger partial charge in [0.15, 0.2) is 6.04 Å². The van der Waals surface area contributed by atoms with E-state index in [4.69, 9.17) is 0 Å².